The van der Waals surface area contributed by atoms with Crippen LogP contribution in [0.4, 0.5) is 26.3 Å². The van der Waals surface area contributed by atoms with Gasteiger partial charge in [-0.2, -0.15) is 26.3 Å². The topological polar surface area (TPSA) is 57.5 Å². The summed E-state index contributed by atoms with van der Waals surface area (Å²) in [6, 6.07) is 0. The minimum absolute atomic E-state index is 0.0174. The zero-order chi connectivity index (χ0) is 29.6. The van der Waals surface area contributed by atoms with Gasteiger partial charge in [0.1, 0.15) is 5.78 Å². The Morgan fingerprint density at radius 1 is 1.16 bits per heavy atom. The molecule has 3 nitrogen and oxygen atoms in total. The van der Waals surface area contributed by atoms with Crippen LogP contribution in [-0.2, 0) is 4.79 Å². The second kappa shape index (κ2) is 9.28. The number of carbonyl (C=O) groups excluding carboxylic acids is 1. The maximum absolute atomic E-state index is 13.1. The van der Waals surface area contributed by atoms with Crippen LogP contribution in [0.3, 0.4) is 0 Å². The number of Topliss-reactive ketones (excluding diaryl/α,β-unsaturated/α-hetero) is 1. The van der Waals surface area contributed by atoms with Crippen molar-refractivity contribution in [2.75, 3.05) is 0 Å². The van der Waals surface area contributed by atoms with Crippen LogP contribution in [0, 0.1) is 23.2 Å². The largest absolute Gasteiger partial charge is 0.429 e. The van der Waals surface area contributed by atoms with E-state index in [1.54, 1.807) is 0 Å². The minimum Gasteiger partial charge on any atom is -0.390 e. The first-order valence-corrected chi connectivity index (χ1v) is 10.7. The summed E-state index contributed by atoms with van der Waals surface area (Å²) in [6.45, 7) is -4.69. The molecule has 0 heterocycles. The van der Waals surface area contributed by atoms with Gasteiger partial charge in [0, 0.05) is 20.6 Å². The molecule has 0 saturated heterocycles. The number of halogens is 6. The van der Waals surface area contributed by atoms with E-state index in [-0.39, 0.29) is 43.0 Å². The van der Waals surface area contributed by atoms with Gasteiger partial charge >= 0.3 is 12.4 Å². The molecule has 2 fully saturated rings. The first-order valence-electron chi connectivity index (χ1n) is 13.7. The number of alkyl halides is 6. The van der Waals surface area contributed by atoms with Gasteiger partial charge in [-0.25, -0.2) is 0 Å². The Bertz CT molecular complexity index is 855. The van der Waals surface area contributed by atoms with Gasteiger partial charge in [0.2, 0.25) is 0 Å². The van der Waals surface area contributed by atoms with Crippen molar-refractivity contribution in [3.05, 3.63) is 12.2 Å². The third-order valence-electron chi connectivity index (χ3n) is 7.28. The molecule has 2 aliphatic rings. The Morgan fingerprint density at radius 2 is 1.78 bits per heavy atom. The van der Waals surface area contributed by atoms with E-state index in [1.165, 1.54) is 0 Å². The number of hydrogen-bond acceptors (Lipinski definition) is 3. The Labute approximate surface area is 193 Å². The Morgan fingerprint density at radius 3 is 2.34 bits per heavy atom. The van der Waals surface area contributed by atoms with Crippen LogP contribution >= 0.6 is 0 Å². The van der Waals surface area contributed by atoms with E-state index < -0.39 is 55.0 Å². The van der Waals surface area contributed by atoms with Crippen molar-refractivity contribution in [2.45, 2.75) is 102 Å². The summed E-state index contributed by atoms with van der Waals surface area (Å²) in [5.41, 5.74) is -8.71. The number of ketones is 1. The third-order valence-corrected chi connectivity index (χ3v) is 7.28. The van der Waals surface area contributed by atoms with E-state index in [4.69, 9.17) is 8.22 Å². The van der Waals surface area contributed by atoms with Gasteiger partial charge in [0.25, 0.3) is 5.60 Å². The van der Waals surface area contributed by atoms with Crippen molar-refractivity contribution < 1.29 is 49.6 Å². The van der Waals surface area contributed by atoms with E-state index >= 15 is 0 Å². The van der Waals surface area contributed by atoms with Crippen molar-refractivity contribution in [1.82, 2.24) is 0 Å². The maximum Gasteiger partial charge on any atom is 0.429 e. The summed E-state index contributed by atoms with van der Waals surface area (Å²) in [5, 5.41) is 20.0. The summed E-state index contributed by atoms with van der Waals surface area (Å²) >= 11 is 0. The predicted molar refractivity (Wildman–Crippen MR) is 108 cm³/mol. The van der Waals surface area contributed by atoms with Crippen molar-refractivity contribution >= 4 is 5.78 Å². The summed E-state index contributed by atoms with van der Waals surface area (Å²) in [7, 11) is 0. The molecule has 32 heavy (non-hydrogen) atoms. The predicted octanol–water partition coefficient (Wildman–Crippen LogP) is 6.13. The highest BCUT2D eigenvalue weighted by Crippen LogP contribution is 2.58. The fourth-order valence-corrected chi connectivity index (χ4v) is 5.61. The van der Waals surface area contributed by atoms with E-state index in [0.717, 1.165) is 0 Å². The van der Waals surface area contributed by atoms with Crippen molar-refractivity contribution in [3.63, 3.8) is 0 Å². The van der Waals surface area contributed by atoms with Crippen LogP contribution in [0.1, 0.15) is 86.6 Å². The quantitative estimate of drug-likeness (QED) is 0.326. The van der Waals surface area contributed by atoms with Gasteiger partial charge in [0.15, 0.2) is 0 Å². The molecule has 186 valence electrons. The molecular weight excluding hydrogens is 438 g/mol. The summed E-state index contributed by atoms with van der Waals surface area (Å²) in [4.78, 5) is 12.5. The second-order valence-electron chi connectivity index (χ2n) is 9.47. The first kappa shape index (κ1) is 19.2. The SMILES string of the molecule is [2H]C([2H])([2H])C(O)(CCC[C@H](C/C=C\C(O)(C(F)(F)F)C(F)(F)F)[C@H]1CC[C@H]2C(=O)CCC[C@]12C)C([2H])([2H])[2H]. The molecule has 2 aliphatic carbocycles. The molecule has 2 rings (SSSR count). The second-order valence-corrected chi connectivity index (χ2v) is 9.47. The highest BCUT2D eigenvalue weighted by Gasteiger charge is 2.69. The summed E-state index contributed by atoms with van der Waals surface area (Å²) in [5.74, 6) is -1.27. The molecule has 9 heteroatoms. The zero-order valence-electron chi connectivity index (χ0n) is 23.8. The molecule has 0 bridgehead atoms. The van der Waals surface area contributed by atoms with Crippen LogP contribution in [0.15, 0.2) is 12.2 Å². The van der Waals surface area contributed by atoms with Crippen LogP contribution in [-0.4, -0.2) is 39.6 Å². The van der Waals surface area contributed by atoms with Crippen molar-refractivity contribution in [3.8, 4) is 0 Å². The lowest BCUT2D eigenvalue weighted by Crippen LogP contribution is -2.55. The lowest BCUT2D eigenvalue weighted by molar-refractivity contribution is -0.347. The molecule has 0 radical (unpaired) electrons. The molecule has 0 aromatic heterocycles. The molecule has 2 N–H and O–H groups in total. The van der Waals surface area contributed by atoms with Crippen molar-refractivity contribution in [1.29, 1.82) is 0 Å². The third kappa shape index (κ3) is 5.69. The van der Waals surface area contributed by atoms with Gasteiger partial charge in [-0.05, 0) is 82.0 Å². The van der Waals surface area contributed by atoms with E-state index in [2.05, 4.69) is 0 Å². The van der Waals surface area contributed by atoms with E-state index in [0.29, 0.717) is 38.2 Å². The van der Waals surface area contributed by atoms with Gasteiger partial charge < -0.3 is 10.2 Å². The molecule has 0 aliphatic heterocycles. The number of rotatable bonds is 8. The molecule has 0 aromatic carbocycles. The van der Waals surface area contributed by atoms with Crippen LogP contribution in [0.2, 0.25) is 0 Å². The lowest BCUT2D eigenvalue weighted by atomic mass is 9.61. The van der Waals surface area contributed by atoms with Gasteiger partial charge in [-0.3, -0.25) is 4.79 Å². The van der Waals surface area contributed by atoms with Crippen LogP contribution in [0.5, 0.6) is 0 Å². The maximum atomic E-state index is 13.1. The smallest absolute Gasteiger partial charge is 0.390 e. The lowest BCUT2D eigenvalue weighted by Gasteiger charge is -2.43. The van der Waals surface area contributed by atoms with Crippen LogP contribution < -0.4 is 0 Å². The Balaban J connectivity index is 2.36. The molecule has 2 saturated carbocycles. The van der Waals surface area contributed by atoms with Gasteiger partial charge in [-0.15, -0.1) is 0 Å². The average Bonchev–Trinajstić information content (AvgIpc) is 3.07. The normalized spacial score (nSPS) is 32.5. The summed E-state index contributed by atoms with van der Waals surface area (Å²) < 4.78 is 124. The number of carbonyl (C=O) groups is 1. The number of allylic oxidation sites excluding steroid dienone is 1. The molecule has 4 atom stereocenters. The summed E-state index contributed by atoms with van der Waals surface area (Å²) in [6.07, 6.45) is -10.6. The Hall–Kier alpha value is -1.09. The molecule has 0 amide bonds. The zero-order valence-corrected chi connectivity index (χ0v) is 17.8. The van der Waals surface area contributed by atoms with Crippen molar-refractivity contribution in [2.24, 2.45) is 23.2 Å². The molecule has 0 unspecified atom stereocenters. The minimum atomic E-state index is -6.03. The average molecular weight is 479 g/mol. The fourth-order valence-electron chi connectivity index (χ4n) is 5.61. The highest BCUT2D eigenvalue weighted by atomic mass is 19.4. The highest BCUT2D eigenvalue weighted by molar-refractivity contribution is 5.83. The fraction of sp³-hybridized carbons (Fsp3) is 0.870. The van der Waals surface area contributed by atoms with E-state index in [9.17, 15) is 41.4 Å². The molecule has 0 spiro atoms. The van der Waals surface area contributed by atoms with E-state index in [1.807, 2.05) is 6.92 Å². The number of hydrogen-bond donors (Lipinski definition) is 2. The monoisotopic (exact) mass is 478 g/mol. The van der Waals surface area contributed by atoms with Gasteiger partial charge in [-0.1, -0.05) is 19.4 Å². The Kier molecular flexibility index (Phi) is 5.58. The first-order chi connectivity index (χ1) is 16.9. The van der Waals surface area contributed by atoms with Crippen LogP contribution in [0.25, 0.3) is 0 Å². The number of fused-ring (bicyclic) bond motifs is 1. The van der Waals surface area contributed by atoms with Gasteiger partial charge in [0.05, 0.1) is 5.60 Å². The molecular formula is C23H34F6O3. The standard InChI is InChI=1S/C23H34F6O3/c1-19(2,31)12-4-7-15(8-5-14-21(32,22(24,25)26)23(27,28)29)16-10-11-17-18(30)9-6-13-20(16,17)3/h5,14-17,31-32H,4,6-13H2,1-3H3/b14-5-/t15-,16-,17+,20-/m1/s1/i1D3,2D3. The molecule has 0 aromatic rings. The number of aliphatic hydroxyl groups is 2.